The molecule has 0 aliphatic heterocycles. The van der Waals surface area contributed by atoms with Gasteiger partial charge in [0.1, 0.15) is 5.88 Å². The molecule has 23 valence electrons. The van der Waals surface area contributed by atoms with Gasteiger partial charge in [-0.15, -0.1) is 11.6 Å². The Bertz CT molecular complexity index is 39.4. The molecule has 5 heavy (non-hydrogen) atoms. The fraction of sp³-hybridized carbons (Fsp3) is 0.500. The number of rotatable bonds is 0. The summed E-state index contributed by atoms with van der Waals surface area (Å²) in [6.07, 6.45) is 0. The van der Waals surface area contributed by atoms with Gasteiger partial charge in [-0.3, -0.25) is 0 Å². The van der Waals surface area contributed by atoms with Crippen LogP contribution in [0.1, 0.15) is 0 Å². The number of halogens is 1. The van der Waals surface area contributed by atoms with E-state index in [0.717, 1.165) is 0 Å². The Morgan fingerprint density at radius 3 is 2.00 bits per heavy atom. The van der Waals surface area contributed by atoms with Gasteiger partial charge in [0.2, 0.25) is 0 Å². The van der Waals surface area contributed by atoms with Crippen molar-refractivity contribution in [2.45, 2.75) is 0 Å². The summed E-state index contributed by atoms with van der Waals surface area (Å²) in [5.74, 6) is 0.0972. The first-order valence-electron chi connectivity index (χ1n) is 0.844. The molecule has 0 aromatic rings. The maximum Gasteiger partial charge on any atom is 0.109 e. The van der Waals surface area contributed by atoms with Crippen LogP contribution in [0.3, 0.4) is 0 Å². The van der Waals surface area contributed by atoms with Crippen molar-refractivity contribution in [3.63, 3.8) is 0 Å². The van der Waals surface area contributed by atoms with Crippen LogP contribution in [0.25, 0.3) is 0 Å². The molecular weight excluding hydrogens is 96.5 g/mol. The van der Waals surface area contributed by atoms with Gasteiger partial charge in [-0.05, 0) is 0 Å². The van der Waals surface area contributed by atoms with Crippen LogP contribution < -0.4 is 0 Å². The normalized spacial score (nSPS) is 4.00. The van der Waals surface area contributed by atoms with Gasteiger partial charge in [-0.1, -0.05) is 0 Å². The Labute approximate surface area is 58.2 Å². The van der Waals surface area contributed by atoms with Crippen LogP contribution >= 0.6 is 11.6 Å². The monoisotopic (exact) mass is 98.0 g/mol. The quantitative estimate of drug-likeness (QED) is 0.317. The number of alkyl halides is 1. The summed E-state index contributed by atoms with van der Waals surface area (Å²) in [5, 5.41) is 7.49. The molecule has 0 fully saturated rings. The van der Waals surface area contributed by atoms with Crippen molar-refractivity contribution in [1.82, 2.24) is 0 Å². The van der Waals surface area contributed by atoms with Gasteiger partial charge in [0, 0.05) is 29.6 Å². The summed E-state index contributed by atoms with van der Waals surface area (Å²) in [6.45, 7) is 0. The first kappa shape index (κ1) is 9.24. The molecule has 0 aromatic heterocycles. The summed E-state index contributed by atoms with van der Waals surface area (Å²) in [4.78, 5) is 0. The summed E-state index contributed by atoms with van der Waals surface area (Å²) >= 11 is 4.82. The molecule has 0 aliphatic carbocycles. The first-order chi connectivity index (χ1) is 1.91. The van der Waals surface area contributed by atoms with Crippen molar-refractivity contribution in [1.29, 1.82) is 5.26 Å². The number of hydrogen-bond donors (Lipinski definition) is 0. The third kappa shape index (κ3) is 11.7. The zero-order valence-corrected chi connectivity index (χ0v) is 5.79. The molecule has 0 amide bonds. The van der Waals surface area contributed by atoms with E-state index in [1.54, 1.807) is 6.07 Å². The molecule has 0 saturated heterocycles. The van der Waals surface area contributed by atoms with Gasteiger partial charge in [0.05, 0.1) is 6.07 Å². The van der Waals surface area contributed by atoms with Crippen LogP contribution in [0.2, 0.25) is 0 Å². The minimum Gasteiger partial charge on any atom is -0.197 e. The Morgan fingerprint density at radius 2 is 2.00 bits per heavy atom. The molecule has 0 saturated carbocycles. The van der Waals surface area contributed by atoms with E-state index >= 15 is 0 Å². The van der Waals surface area contributed by atoms with E-state index in [9.17, 15) is 0 Å². The molecule has 0 spiro atoms. The third-order valence-electron chi connectivity index (χ3n) is 0.0598. The summed E-state index contributed by atoms with van der Waals surface area (Å²) in [5.41, 5.74) is 0. The van der Waals surface area contributed by atoms with Crippen molar-refractivity contribution in [2.24, 2.45) is 0 Å². The maximum atomic E-state index is 7.49. The van der Waals surface area contributed by atoms with Gasteiger partial charge in [-0.2, -0.15) is 5.26 Å². The van der Waals surface area contributed by atoms with E-state index in [1.165, 1.54) is 0 Å². The van der Waals surface area contributed by atoms with Crippen LogP contribution in [0.5, 0.6) is 0 Å². The standard InChI is InChI=1S/C2H2ClN.Na/c3-1-2-4;/h1H2;. The summed E-state index contributed by atoms with van der Waals surface area (Å²) in [7, 11) is 0. The molecule has 1 radical (unpaired) electrons. The average molecular weight is 98.5 g/mol. The maximum absolute atomic E-state index is 7.49. The van der Waals surface area contributed by atoms with Crippen LogP contribution in [-0.4, -0.2) is 35.4 Å². The van der Waals surface area contributed by atoms with E-state index in [0.29, 0.717) is 0 Å². The first-order valence-corrected chi connectivity index (χ1v) is 1.38. The van der Waals surface area contributed by atoms with Crippen molar-refractivity contribution >= 4 is 41.2 Å². The van der Waals surface area contributed by atoms with E-state index in [2.05, 4.69) is 0 Å². The predicted molar refractivity (Wildman–Crippen MR) is 22.1 cm³/mol. The summed E-state index contributed by atoms with van der Waals surface area (Å²) in [6, 6.07) is 1.70. The molecule has 0 aromatic carbocycles. The molecule has 0 aliphatic rings. The fourth-order valence-corrected chi connectivity index (χ4v) is 0. The van der Waals surface area contributed by atoms with Gasteiger partial charge >= 0.3 is 0 Å². The molecule has 0 bridgehead atoms. The van der Waals surface area contributed by atoms with Crippen LogP contribution in [0.15, 0.2) is 0 Å². The van der Waals surface area contributed by atoms with E-state index in [1.807, 2.05) is 0 Å². The average Bonchev–Trinajstić information content (AvgIpc) is 1.37. The predicted octanol–water partition coefficient (Wildman–Crippen LogP) is 0.368. The Morgan fingerprint density at radius 1 is 1.80 bits per heavy atom. The second-order valence-corrected chi connectivity index (χ2v) is 0.559. The molecule has 0 heterocycles. The SMILES string of the molecule is N#CCCl.[Na]. The van der Waals surface area contributed by atoms with Crippen molar-refractivity contribution in [3.05, 3.63) is 0 Å². The zero-order chi connectivity index (χ0) is 3.41. The topological polar surface area (TPSA) is 23.8 Å². The largest absolute Gasteiger partial charge is 0.197 e. The molecule has 0 atom stereocenters. The Hall–Kier alpha value is 0.780. The molecule has 0 rings (SSSR count). The fourth-order valence-electron chi connectivity index (χ4n) is 0. The Kier molecular flexibility index (Phi) is 16.3. The second kappa shape index (κ2) is 8.84. The van der Waals surface area contributed by atoms with E-state index in [-0.39, 0.29) is 35.4 Å². The third-order valence-corrected chi connectivity index (χ3v) is 0.179. The summed E-state index contributed by atoms with van der Waals surface area (Å²) < 4.78 is 0. The molecule has 1 nitrogen and oxygen atoms in total. The smallest absolute Gasteiger partial charge is 0.109 e. The second-order valence-electron chi connectivity index (χ2n) is 0.292. The van der Waals surface area contributed by atoms with E-state index < -0.39 is 0 Å². The minimum absolute atomic E-state index is 0. The number of hydrogen-bond acceptors (Lipinski definition) is 1. The van der Waals surface area contributed by atoms with Crippen LogP contribution in [-0.2, 0) is 0 Å². The van der Waals surface area contributed by atoms with Gasteiger partial charge in [0.25, 0.3) is 0 Å². The number of nitriles is 1. The minimum atomic E-state index is 0. The zero-order valence-electron chi connectivity index (χ0n) is 3.03. The van der Waals surface area contributed by atoms with Crippen molar-refractivity contribution < 1.29 is 0 Å². The van der Waals surface area contributed by atoms with E-state index in [4.69, 9.17) is 16.9 Å². The Balaban J connectivity index is 0. The van der Waals surface area contributed by atoms with Crippen molar-refractivity contribution in [2.75, 3.05) is 5.88 Å². The molecule has 3 heteroatoms. The molecule has 0 N–H and O–H groups in total. The van der Waals surface area contributed by atoms with Gasteiger partial charge < -0.3 is 0 Å². The van der Waals surface area contributed by atoms with Crippen LogP contribution in [0, 0.1) is 11.3 Å². The van der Waals surface area contributed by atoms with Crippen molar-refractivity contribution in [3.8, 4) is 6.07 Å². The van der Waals surface area contributed by atoms with Gasteiger partial charge in [-0.25, -0.2) is 0 Å². The van der Waals surface area contributed by atoms with Gasteiger partial charge in [0.15, 0.2) is 0 Å². The number of nitrogens with zero attached hydrogens (tertiary/aromatic N) is 1. The molecular formula is C2H2ClNNa. The van der Waals surface area contributed by atoms with Crippen LogP contribution in [0.4, 0.5) is 0 Å². The molecule has 0 unspecified atom stereocenters.